The molecule has 1 aromatic heterocycles. The number of pyridine rings is 1. The Kier molecular flexibility index (Phi) is 4.73. The summed E-state index contributed by atoms with van der Waals surface area (Å²) >= 11 is 5.65. The number of hydrogen-bond donors (Lipinski definition) is 2. The summed E-state index contributed by atoms with van der Waals surface area (Å²) in [5.41, 5.74) is 6.59. The molecule has 0 spiro atoms. The smallest absolute Gasteiger partial charge is 0.411 e. The highest BCUT2D eigenvalue weighted by molar-refractivity contribution is 6.29. The molecule has 7 heteroatoms. The van der Waals surface area contributed by atoms with Crippen LogP contribution in [0.5, 0.6) is 0 Å². The second-order valence-electron chi connectivity index (χ2n) is 4.14. The number of benzene rings is 1. The molecule has 0 unspecified atom stereocenters. The number of halogens is 1. The summed E-state index contributed by atoms with van der Waals surface area (Å²) in [6.45, 7) is 0.0610. The van der Waals surface area contributed by atoms with Crippen LogP contribution in [0, 0.1) is 0 Å². The molecule has 2 amide bonds. The molecule has 0 bridgehead atoms. The molecule has 0 aliphatic rings. The molecular weight excluding hydrogens is 294 g/mol. The van der Waals surface area contributed by atoms with Crippen molar-refractivity contribution in [3.63, 3.8) is 0 Å². The number of carbonyl (C=O) groups is 2. The molecule has 0 saturated heterocycles. The van der Waals surface area contributed by atoms with Gasteiger partial charge in [-0.1, -0.05) is 23.7 Å². The molecule has 3 N–H and O–H groups in total. The van der Waals surface area contributed by atoms with Crippen molar-refractivity contribution in [2.24, 2.45) is 5.73 Å². The van der Waals surface area contributed by atoms with Crippen molar-refractivity contribution in [1.82, 2.24) is 4.98 Å². The van der Waals surface area contributed by atoms with Crippen LogP contribution in [0.25, 0.3) is 0 Å². The van der Waals surface area contributed by atoms with Gasteiger partial charge < -0.3 is 10.5 Å². The number of amides is 2. The van der Waals surface area contributed by atoms with Gasteiger partial charge in [0.15, 0.2) is 0 Å². The van der Waals surface area contributed by atoms with E-state index in [0.29, 0.717) is 22.0 Å². The van der Waals surface area contributed by atoms with E-state index in [-0.39, 0.29) is 6.61 Å². The summed E-state index contributed by atoms with van der Waals surface area (Å²) in [6, 6.07) is 9.56. The predicted octanol–water partition coefficient (Wildman–Crippen LogP) is 2.58. The Balaban J connectivity index is 1.91. The van der Waals surface area contributed by atoms with E-state index in [1.54, 1.807) is 30.3 Å². The lowest BCUT2D eigenvalue weighted by molar-refractivity contribution is 0.1000. The Labute approximate surface area is 125 Å². The van der Waals surface area contributed by atoms with Gasteiger partial charge in [-0.05, 0) is 24.3 Å². The van der Waals surface area contributed by atoms with Crippen molar-refractivity contribution in [2.45, 2.75) is 6.61 Å². The molecule has 0 fully saturated rings. The molecular formula is C14H12ClN3O3. The van der Waals surface area contributed by atoms with E-state index in [1.165, 1.54) is 12.3 Å². The van der Waals surface area contributed by atoms with Crippen molar-refractivity contribution in [2.75, 3.05) is 5.32 Å². The van der Waals surface area contributed by atoms with E-state index >= 15 is 0 Å². The van der Waals surface area contributed by atoms with Crippen molar-refractivity contribution >= 4 is 29.3 Å². The number of aromatic nitrogens is 1. The van der Waals surface area contributed by atoms with Crippen molar-refractivity contribution in [3.05, 3.63) is 58.9 Å². The molecule has 2 aromatic rings. The molecule has 1 heterocycles. The Morgan fingerprint density at radius 3 is 2.76 bits per heavy atom. The number of nitrogens with two attached hydrogens (primary N) is 1. The van der Waals surface area contributed by atoms with Crippen molar-refractivity contribution in [3.8, 4) is 0 Å². The van der Waals surface area contributed by atoms with Crippen LogP contribution < -0.4 is 11.1 Å². The lowest BCUT2D eigenvalue weighted by atomic mass is 10.2. The molecule has 0 radical (unpaired) electrons. The van der Waals surface area contributed by atoms with Crippen LogP contribution in [0.2, 0.25) is 5.15 Å². The fraction of sp³-hybridized carbons (Fsp3) is 0.0714. The maximum Gasteiger partial charge on any atom is 0.411 e. The largest absolute Gasteiger partial charge is 0.444 e. The molecule has 0 saturated carbocycles. The van der Waals surface area contributed by atoms with E-state index in [9.17, 15) is 9.59 Å². The molecule has 21 heavy (non-hydrogen) atoms. The predicted molar refractivity (Wildman–Crippen MR) is 78.0 cm³/mol. The molecule has 0 aliphatic heterocycles. The number of rotatable bonds is 4. The Bertz CT molecular complexity index is 659. The quantitative estimate of drug-likeness (QED) is 0.849. The number of hydrogen-bond acceptors (Lipinski definition) is 4. The number of anilines is 1. The molecule has 1 aromatic carbocycles. The first-order chi connectivity index (χ1) is 10.0. The summed E-state index contributed by atoms with van der Waals surface area (Å²) < 4.78 is 5.02. The zero-order chi connectivity index (χ0) is 15.2. The highest BCUT2D eigenvalue weighted by Crippen LogP contribution is 2.11. The minimum Gasteiger partial charge on any atom is -0.444 e. The van der Waals surface area contributed by atoms with Crippen molar-refractivity contribution in [1.29, 1.82) is 0 Å². The number of primary amides is 1. The molecule has 0 aliphatic carbocycles. The maximum atomic E-state index is 11.6. The van der Waals surface area contributed by atoms with Crippen LogP contribution in [0.3, 0.4) is 0 Å². The standard InChI is InChI=1S/C14H12ClN3O3/c15-12-5-4-9(7-17-12)8-21-14(20)18-11-3-1-2-10(6-11)13(16)19/h1-7H,8H2,(H2,16,19)(H,18,20). The van der Waals surface area contributed by atoms with Crippen molar-refractivity contribution < 1.29 is 14.3 Å². The first-order valence-electron chi connectivity index (χ1n) is 5.98. The van der Waals surface area contributed by atoms with Gasteiger partial charge in [0.25, 0.3) is 0 Å². The van der Waals surface area contributed by atoms with Crippen LogP contribution in [-0.2, 0) is 11.3 Å². The summed E-state index contributed by atoms with van der Waals surface area (Å²) in [6.07, 6.45) is 0.870. The average molecular weight is 306 g/mol. The van der Waals surface area contributed by atoms with Gasteiger partial charge in [0.2, 0.25) is 5.91 Å². The van der Waals surface area contributed by atoms with Crippen LogP contribution in [0.1, 0.15) is 15.9 Å². The summed E-state index contributed by atoms with van der Waals surface area (Å²) in [4.78, 5) is 26.5. The Hall–Kier alpha value is -2.60. The molecule has 6 nitrogen and oxygen atoms in total. The van der Waals surface area contributed by atoms with Gasteiger partial charge in [-0.3, -0.25) is 10.1 Å². The summed E-state index contributed by atoms with van der Waals surface area (Å²) in [7, 11) is 0. The lowest BCUT2D eigenvalue weighted by Gasteiger charge is -2.07. The fourth-order valence-corrected chi connectivity index (χ4v) is 1.66. The third-order valence-corrected chi connectivity index (χ3v) is 2.78. The summed E-state index contributed by atoms with van der Waals surface area (Å²) in [5, 5.41) is 2.87. The third kappa shape index (κ3) is 4.47. The van der Waals surface area contributed by atoms with Gasteiger partial charge >= 0.3 is 6.09 Å². The highest BCUT2D eigenvalue weighted by Gasteiger charge is 2.06. The van der Waals surface area contributed by atoms with Gasteiger partial charge in [0, 0.05) is 23.0 Å². The van der Waals surface area contributed by atoms with Crippen LogP contribution in [0.4, 0.5) is 10.5 Å². The molecule has 0 atom stereocenters. The molecule has 108 valence electrons. The van der Waals surface area contributed by atoms with Crippen LogP contribution in [-0.4, -0.2) is 17.0 Å². The van der Waals surface area contributed by atoms with E-state index < -0.39 is 12.0 Å². The second-order valence-corrected chi connectivity index (χ2v) is 4.52. The topological polar surface area (TPSA) is 94.3 Å². The minimum absolute atomic E-state index is 0.0610. The van der Waals surface area contributed by atoms with Crippen LogP contribution >= 0.6 is 11.6 Å². The second kappa shape index (κ2) is 6.71. The number of nitrogens with one attached hydrogen (secondary N) is 1. The minimum atomic E-state index is -0.647. The zero-order valence-electron chi connectivity index (χ0n) is 10.9. The van der Waals surface area contributed by atoms with E-state index in [4.69, 9.17) is 22.1 Å². The fourth-order valence-electron chi connectivity index (χ4n) is 1.54. The molecule has 2 rings (SSSR count). The Morgan fingerprint density at radius 2 is 2.10 bits per heavy atom. The van der Waals surface area contributed by atoms with Crippen LogP contribution in [0.15, 0.2) is 42.6 Å². The van der Waals surface area contributed by atoms with Gasteiger partial charge in [-0.15, -0.1) is 0 Å². The van der Waals surface area contributed by atoms with E-state index in [0.717, 1.165) is 0 Å². The normalized spacial score (nSPS) is 9.95. The van der Waals surface area contributed by atoms with Gasteiger partial charge in [-0.2, -0.15) is 0 Å². The SMILES string of the molecule is NC(=O)c1cccc(NC(=O)OCc2ccc(Cl)nc2)c1. The third-order valence-electron chi connectivity index (χ3n) is 2.55. The summed E-state index contributed by atoms with van der Waals surface area (Å²) in [5.74, 6) is -0.570. The monoisotopic (exact) mass is 305 g/mol. The lowest BCUT2D eigenvalue weighted by Crippen LogP contribution is -2.15. The van der Waals surface area contributed by atoms with E-state index in [2.05, 4.69) is 10.3 Å². The highest BCUT2D eigenvalue weighted by atomic mass is 35.5. The maximum absolute atomic E-state index is 11.6. The average Bonchev–Trinajstić information content (AvgIpc) is 2.47. The van der Waals surface area contributed by atoms with Gasteiger partial charge in [-0.25, -0.2) is 9.78 Å². The number of ether oxygens (including phenoxy) is 1. The Morgan fingerprint density at radius 1 is 1.29 bits per heavy atom. The van der Waals surface area contributed by atoms with Gasteiger partial charge in [0.1, 0.15) is 11.8 Å². The number of carbonyl (C=O) groups excluding carboxylic acids is 2. The first kappa shape index (κ1) is 14.8. The number of nitrogens with zero attached hydrogens (tertiary/aromatic N) is 1. The van der Waals surface area contributed by atoms with Gasteiger partial charge in [0.05, 0.1) is 0 Å². The first-order valence-corrected chi connectivity index (χ1v) is 6.36. The zero-order valence-corrected chi connectivity index (χ0v) is 11.6. The van der Waals surface area contributed by atoms with E-state index in [1.807, 2.05) is 0 Å².